The standard InChI is InChI=1S/C17H23NO3.H3N/c1-14(19)21-16(12-15-8-4-2-5-9-15)13-17(20)18-10-6-3-7-11-18;/h2,4-5,8-9,16H,3,6-7,10-13H2,1H3;1H3. The van der Waals surface area contributed by atoms with E-state index in [-0.39, 0.29) is 30.6 Å². The molecule has 0 aliphatic carbocycles. The molecule has 22 heavy (non-hydrogen) atoms. The first kappa shape index (κ1) is 18.2. The van der Waals surface area contributed by atoms with E-state index >= 15 is 0 Å². The Kier molecular flexibility index (Phi) is 7.60. The van der Waals surface area contributed by atoms with E-state index in [0.717, 1.165) is 31.5 Å². The normalized spacial score (nSPS) is 15.6. The van der Waals surface area contributed by atoms with E-state index in [2.05, 4.69) is 0 Å². The summed E-state index contributed by atoms with van der Waals surface area (Å²) in [5.41, 5.74) is 1.08. The van der Waals surface area contributed by atoms with Gasteiger partial charge in [0.05, 0.1) is 6.42 Å². The predicted molar refractivity (Wildman–Crippen MR) is 85.8 cm³/mol. The van der Waals surface area contributed by atoms with Crippen molar-refractivity contribution >= 4 is 11.9 Å². The zero-order chi connectivity index (χ0) is 15.1. The Bertz CT molecular complexity index is 470. The first-order valence-corrected chi connectivity index (χ1v) is 7.64. The van der Waals surface area contributed by atoms with Gasteiger partial charge in [-0.2, -0.15) is 0 Å². The van der Waals surface area contributed by atoms with Crippen molar-refractivity contribution in [3.63, 3.8) is 0 Å². The van der Waals surface area contributed by atoms with Crippen LogP contribution in [0, 0.1) is 0 Å². The van der Waals surface area contributed by atoms with Crippen molar-refractivity contribution in [3.05, 3.63) is 35.9 Å². The second-order valence-electron chi connectivity index (χ2n) is 5.57. The van der Waals surface area contributed by atoms with E-state index < -0.39 is 0 Å². The number of nitrogens with zero attached hydrogens (tertiary/aromatic N) is 1. The Morgan fingerprint density at radius 2 is 1.77 bits per heavy atom. The van der Waals surface area contributed by atoms with Crippen LogP contribution in [0.5, 0.6) is 0 Å². The number of hydrogen-bond donors (Lipinski definition) is 1. The molecule has 1 aliphatic rings. The summed E-state index contributed by atoms with van der Waals surface area (Å²) in [7, 11) is 0. The number of amides is 1. The molecule has 1 amide bonds. The summed E-state index contributed by atoms with van der Waals surface area (Å²) in [6.45, 7) is 3.05. The lowest BCUT2D eigenvalue weighted by Crippen LogP contribution is -2.38. The molecular formula is C17H26N2O3. The number of esters is 1. The molecule has 0 bridgehead atoms. The Balaban J connectivity index is 0.00000242. The summed E-state index contributed by atoms with van der Waals surface area (Å²) in [6.07, 6.45) is 3.82. The molecule has 1 aromatic carbocycles. The van der Waals surface area contributed by atoms with Gasteiger partial charge in [-0.1, -0.05) is 30.3 Å². The van der Waals surface area contributed by atoms with Gasteiger partial charge in [0, 0.05) is 26.4 Å². The summed E-state index contributed by atoms with van der Waals surface area (Å²) in [5, 5.41) is 0. The molecule has 3 N–H and O–H groups in total. The highest BCUT2D eigenvalue weighted by Gasteiger charge is 2.22. The molecule has 5 nitrogen and oxygen atoms in total. The molecule has 0 spiro atoms. The second kappa shape index (κ2) is 9.20. The van der Waals surface area contributed by atoms with Crippen molar-refractivity contribution in [2.24, 2.45) is 0 Å². The number of benzene rings is 1. The summed E-state index contributed by atoms with van der Waals surface area (Å²) in [5.74, 6) is -0.237. The van der Waals surface area contributed by atoms with Crippen molar-refractivity contribution in [1.82, 2.24) is 11.1 Å². The van der Waals surface area contributed by atoms with E-state index in [4.69, 9.17) is 4.74 Å². The number of carbonyl (C=O) groups excluding carboxylic acids is 2. The van der Waals surface area contributed by atoms with E-state index in [1.54, 1.807) is 0 Å². The van der Waals surface area contributed by atoms with Gasteiger partial charge in [-0.15, -0.1) is 0 Å². The lowest BCUT2D eigenvalue weighted by atomic mass is 10.0. The maximum atomic E-state index is 12.3. The predicted octanol–water partition coefficient (Wildman–Crippen LogP) is 2.73. The summed E-state index contributed by atoms with van der Waals surface area (Å²) in [4.78, 5) is 25.5. The zero-order valence-electron chi connectivity index (χ0n) is 13.3. The third kappa shape index (κ3) is 5.85. The third-order valence-corrected chi connectivity index (χ3v) is 3.75. The molecule has 1 atom stereocenters. The minimum atomic E-state index is -0.376. The average molecular weight is 306 g/mol. The fraction of sp³-hybridized carbons (Fsp3) is 0.529. The number of carbonyl (C=O) groups is 2. The minimum absolute atomic E-state index is 0. The summed E-state index contributed by atoms with van der Waals surface area (Å²) in [6, 6.07) is 9.83. The molecule has 1 fully saturated rings. The second-order valence-corrected chi connectivity index (χ2v) is 5.57. The molecule has 1 unspecified atom stereocenters. The van der Waals surface area contributed by atoms with Gasteiger partial charge in [-0.25, -0.2) is 0 Å². The first-order chi connectivity index (χ1) is 10.1. The number of hydrogen-bond acceptors (Lipinski definition) is 4. The Morgan fingerprint density at radius 3 is 2.36 bits per heavy atom. The summed E-state index contributed by atoms with van der Waals surface area (Å²) < 4.78 is 5.33. The van der Waals surface area contributed by atoms with Crippen LogP contribution in [0.25, 0.3) is 0 Å². The van der Waals surface area contributed by atoms with E-state index in [1.807, 2.05) is 35.2 Å². The lowest BCUT2D eigenvalue weighted by Gasteiger charge is -2.28. The Morgan fingerprint density at radius 1 is 1.14 bits per heavy atom. The van der Waals surface area contributed by atoms with Crippen molar-refractivity contribution in [3.8, 4) is 0 Å². The highest BCUT2D eigenvalue weighted by molar-refractivity contribution is 5.77. The molecule has 0 radical (unpaired) electrons. The van der Waals surface area contributed by atoms with Crippen molar-refractivity contribution < 1.29 is 14.3 Å². The van der Waals surface area contributed by atoms with Gasteiger partial charge < -0.3 is 15.8 Å². The molecule has 1 saturated heterocycles. The molecule has 122 valence electrons. The smallest absolute Gasteiger partial charge is 0.302 e. The fourth-order valence-electron chi connectivity index (χ4n) is 2.73. The van der Waals surface area contributed by atoms with Gasteiger partial charge in [0.15, 0.2) is 0 Å². The van der Waals surface area contributed by atoms with Crippen LogP contribution in [0.1, 0.15) is 38.2 Å². The molecular weight excluding hydrogens is 280 g/mol. The first-order valence-electron chi connectivity index (χ1n) is 7.64. The van der Waals surface area contributed by atoms with Crippen molar-refractivity contribution in [1.29, 1.82) is 0 Å². The Labute approximate surface area is 132 Å². The summed E-state index contributed by atoms with van der Waals surface area (Å²) >= 11 is 0. The van der Waals surface area contributed by atoms with Gasteiger partial charge >= 0.3 is 5.97 Å². The fourth-order valence-corrected chi connectivity index (χ4v) is 2.73. The molecule has 1 heterocycles. The van der Waals surface area contributed by atoms with Gasteiger partial charge in [-0.05, 0) is 24.8 Å². The molecule has 0 aromatic heterocycles. The SMILES string of the molecule is CC(=O)OC(CC(=O)N1CCCCC1)Cc1ccccc1.N. The van der Waals surface area contributed by atoms with Crippen LogP contribution in [0.3, 0.4) is 0 Å². The number of piperidine rings is 1. The van der Waals surface area contributed by atoms with E-state index in [0.29, 0.717) is 6.42 Å². The largest absolute Gasteiger partial charge is 0.462 e. The highest BCUT2D eigenvalue weighted by atomic mass is 16.5. The molecule has 0 saturated carbocycles. The quantitative estimate of drug-likeness (QED) is 0.848. The minimum Gasteiger partial charge on any atom is -0.462 e. The Hall–Kier alpha value is -1.88. The van der Waals surface area contributed by atoms with Crippen molar-refractivity contribution in [2.45, 2.75) is 45.1 Å². The van der Waals surface area contributed by atoms with Crippen LogP contribution in [0.2, 0.25) is 0 Å². The van der Waals surface area contributed by atoms with Crippen LogP contribution in [-0.4, -0.2) is 36.0 Å². The number of likely N-dealkylation sites (tertiary alicyclic amines) is 1. The zero-order valence-corrected chi connectivity index (χ0v) is 13.3. The van der Waals surface area contributed by atoms with Crippen LogP contribution in [0.4, 0.5) is 0 Å². The van der Waals surface area contributed by atoms with Crippen LogP contribution in [-0.2, 0) is 20.7 Å². The molecule has 1 aromatic rings. The van der Waals surface area contributed by atoms with Gasteiger partial charge in [-0.3, -0.25) is 9.59 Å². The third-order valence-electron chi connectivity index (χ3n) is 3.75. The van der Waals surface area contributed by atoms with E-state index in [9.17, 15) is 9.59 Å². The van der Waals surface area contributed by atoms with Gasteiger partial charge in [0.25, 0.3) is 0 Å². The number of rotatable bonds is 5. The maximum Gasteiger partial charge on any atom is 0.302 e. The molecule has 5 heteroatoms. The van der Waals surface area contributed by atoms with Gasteiger partial charge in [0.2, 0.25) is 5.91 Å². The highest BCUT2D eigenvalue weighted by Crippen LogP contribution is 2.15. The van der Waals surface area contributed by atoms with Crippen LogP contribution < -0.4 is 6.15 Å². The van der Waals surface area contributed by atoms with Crippen LogP contribution in [0.15, 0.2) is 30.3 Å². The molecule has 2 rings (SSSR count). The molecule has 1 aliphatic heterocycles. The van der Waals surface area contributed by atoms with Gasteiger partial charge in [0.1, 0.15) is 6.10 Å². The number of ether oxygens (including phenoxy) is 1. The monoisotopic (exact) mass is 306 g/mol. The topological polar surface area (TPSA) is 81.6 Å². The maximum absolute atomic E-state index is 12.3. The lowest BCUT2D eigenvalue weighted by molar-refractivity contribution is -0.149. The average Bonchev–Trinajstić information content (AvgIpc) is 2.48. The van der Waals surface area contributed by atoms with E-state index in [1.165, 1.54) is 13.3 Å². The van der Waals surface area contributed by atoms with Crippen LogP contribution >= 0.6 is 0 Å². The van der Waals surface area contributed by atoms with Crippen molar-refractivity contribution in [2.75, 3.05) is 13.1 Å².